The Kier molecular flexibility index (Phi) is 5.09. The monoisotopic (exact) mass is 291 g/mol. The fraction of sp³-hybridized carbons (Fsp3) is 0.438. The maximum atomic E-state index is 13.2. The molecule has 2 rings (SSSR count). The van der Waals surface area contributed by atoms with Gasteiger partial charge in [0, 0.05) is 18.3 Å². The van der Waals surface area contributed by atoms with Gasteiger partial charge < -0.3 is 10.4 Å². The maximum Gasteiger partial charge on any atom is 0.125 e. The molecule has 0 spiro atoms. The molecule has 0 amide bonds. The normalized spacial score (nSPS) is 11.8. The van der Waals surface area contributed by atoms with E-state index in [0.717, 1.165) is 18.5 Å². The lowest BCUT2D eigenvalue weighted by Crippen LogP contribution is -2.47. The Morgan fingerprint density at radius 2 is 2.05 bits per heavy atom. The quantitative estimate of drug-likeness (QED) is 0.824. The number of benzene rings is 1. The van der Waals surface area contributed by atoms with Crippen LogP contribution in [0.25, 0.3) is 5.69 Å². The first-order valence-electron chi connectivity index (χ1n) is 7.29. The molecule has 4 nitrogen and oxygen atoms in total. The predicted octanol–water partition coefficient (Wildman–Crippen LogP) is 2.65. The molecule has 0 atom stereocenters. The summed E-state index contributed by atoms with van der Waals surface area (Å²) in [4.78, 5) is 0. The van der Waals surface area contributed by atoms with Crippen molar-refractivity contribution in [1.82, 2.24) is 15.1 Å². The van der Waals surface area contributed by atoms with Crippen LogP contribution in [0.1, 0.15) is 32.4 Å². The fourth-order valence-corrected chi connectivity index (χ4v) is 2.28. The largest absolute Gasteiger partial charge is 0.394 e. The molecule has 5 heteroatoms. The van der Waals surface area contributed by atoms with Gasteiger partial charge in [0.25, 0.3) is 0 Å². The van der Waals surface area contributed by atoms with Crippen LogP contribution in [0.15, 0.2) is 36.5 Å². The third-order valence-electron chi connectivity index (χ3n) is 4.02. The summed E-state index contributed by atoms with van der Waals surface area (Å²) in [5.41, 5.74) is 1.29. The van der Waals surface area contributed by atoms with E-state index < -0.39 is 0 Å². The lowest BCUT2D eigenvalue weighted by molar-refractivity contribution is 0.149. The molecule has 0 radical (unpaired) electrons. The van der Waals surface area contributed by atoms with Crippen molar-refractivity contribution in [3.63, 3.8) is 0 Å². The number of aliphatic hydroxyl groups excluding tert-OH is 1. The fourth-order valence-electron chi connectivity index (χ4n) is 2.28. The van der Waals surface area contributed by atoms with E-state index in [1.54, 1.807) is 10.7 Å². The highest BCUT2D eigenvalue weighted by molar-refractivity contribution is 5.31. The number of rotatable bonds is 7. The molecule has 1 aromatic carbocycles. The summed E-state index contributed by atoms with van der Waals surface area (Å²) in [7, 11) is 0. The van der Waals surface area contributed by atoms with E-state index in [2.05, 4.69) is 24.3 Å². The molecule has 114 valence electrons. The van der Waals surface area contributed by atoms with Crippen LogP contribution in [-0.4, -0.2) is 27.0 Å². The minimum absolute atomic E-state index is 0.102. The van der Waals surface area contributed by atoms with Crippen LogP contribution in [0.4, 0.5) is 4.39 Å². The van der Waals surface area contributed by atoms with E-state index in [9.17, 15) is 9.50 Å². The van der Waals surface area contributed by atoms with Gasteiger partial charge >= 0.3 is 0 Å². The van der Waals surface area contributed by atoms with Gasteiger partial charge in [0.2, 0.25) is 0 Å². The molecule has 2 N–H and O–H groups in total. The van der Waals surface area contributed by atoms with Gasteiger partial charge in [-0.05, 0) is 37.1 Å². The second-order valence-electron chi connectivity index (χ2n) is 5.23. The molecule has 21 heavy (non-hydrogen) atoms. The van der Waals surface area contributed by atoms with E-state index in [1.165, 1.54) is 12.1 Å². The smallest absolute Gasteiger partial charge is 0.125 e. The van der Waals surface area contributed by atoms with E-state index >= 15 is 0 Å². The molecule has 0 aliphatic carbocycles. The molecule has 0 saturated carbocycles. The van der Waals surface area contributed by atoms with Crippen LogP contribution in [-0.2, 0) is 6.54 Å². The molecule has 1 heterocycles. The lowest BCUT2D eigenvalue weighted by atomic mass is 9.94. The van der Waals surface area contributed by atoms with Gasteiger partial charge in [0.15, 0.2) is 0 Å². The summed E-state index contributed by atoms with van der Waals surface area (Å²) in [5.74, 6) is -0.279. The number of nitrogens with zero attached hydrogens (tertiary/aromatic N) is 2. The molecule has 0 aliphatic rings. The highest BCUT2D eigenvalue weighted by atomic mass is 19.1. The van der Waals surface area contributed by atoms with Gasteiger partial charge in [-0.15, -0.1) is 0 Å². The standard InChI is InChI=1S/C16H22FN3O/c1-3-16(4-2,12-21)18-11-14-8-9-20(19-14)15-7-5-6-13(17)10-15/h5-10,18,21H,3-4,11-12H2,1-2H3. The van der Waals surface area contributed by atoms with Gasteiger partial charge in [-0.2, -0.15) is 5.10 Å². The van der Waals surface area contributed by atoms with Crippen LogP contribution in [0, 0.1) is 5.82 Å². The van der Waals surface area contributed by atoms with Crippen molar-refractivity contribution in [3.8, 4) is 5.69 Å². The van der Waals surface area contributed by atoms with E-state index in [-0.39, 0.29) is 18.0 Å². The van der Waals surface area contributed by atoms with Crippen molar-refractivity contribution in [3.05, 3.63) is 48.0 Å². The summed E-state index contributed by atoms with van der Waals surface area (Å²) < 4.78 is 14.9. The van der Waals surface area contributed by atoms with Crippen LogP contribution >= 0.6 is 0 Å². The van der Waals surface area contributed by atoms with Crippen LogP contribution < -0.4 is 5.32 Å². The van der Waals surface area contributed by atoms with Gasteiger partial charge in [0.1, 0.15) is 5.82 Å². The Hall–Kier alpha value is -1.72. The first-order chi connectivity index (χ1) is 10.1. The van der Waals surface area contributed by atoms with Crippen molar-refractivity contribution in [2.75, 3.05) is 6.61 Å². The number of hydrogen-bond acceptors (Lipinski definition) is 3. The molecule has 2 aromatic rings. The average molecular weight is 291 g/mol. The summed E-state index contributed by atoms with van der Waals surface area (Å²) in [6, 6.07) is 8.22. The van der Waals surface area contributed by atoms with Crippen molar-refractivity contribution in [2.45, 2.75) is 38.8 Å². The van der Waals surface area contributed by atoms with E-state index in [1.807, 2.05) is 18.3 Å². The topological polar surface area (TPSA) is 50.1 Å². The Balaban J connectivity index is 2.07. The summed E-state index contributed by atoms with van der Waals surface area (Å²) in [6.07, 6.45) is 3.51. The Bertz CT molecular complexity index is 570. The molecule has 0 aliphatic heterocycles. The third-order valence-corrected chi connectivity index (χ3v) is 4.02. The Morgan fingerprint density at radius 3 is 2.67 bits per heavy atom. The first kappa shape index (κ1) is 15.7. The van der Waals surface area contributed by atoms with Gasteiger partial charge in [-0.3, -0.25) is 0 Å². The van der Waals surface area contributed by atoms with Gasteiger partial charge in [-0.25, -0.2) is 9.07 Å². The van der Waals surface area contributed by atoms with E-state index in [4.69, 9.17) is 0 Å². The molecular weight excluding hydrogens is 269 g/mol. The number of hydrogen-bond donors (Lipinski definition) is 2. The van der Waals surface area contributed by atoms with Crippen molar-refractivity contribution in [2.24, 2.45) is 0 Å². The summed E-state index contributed by atoms with van der Waals surface area (Å²) >= 11 is 0. The molecule has 0 unspecified atom stereocenters. The molecule has 0 bridgehead atoms. The first-order valence-corrected chi connectivity index (χ1v) is 7.29. The van der Waals surface area contributed by atoms with Crippen molar-refractivity contribution in [1.29, 1.82) is 0 Å². The average Bonchev–Trinajstić information content (AvgIpc) is 2.98. The summed E-state index contributed by atoms with van der Waals surface area (Å²) in [6.45, 7) is 4.78. The Labute approximate surface area is 124 Å². The third kappa shape index (κ3) is 3.68. The summed E-state index contributed by atoms with van der Waals surface area (Å²) in [5, 5.41) is 17.3. The lowest BCUT2D eigenvalue weighted by Gasteiger charge is -2.30. The number of aromatic nitrogens is 2. The highest BCUT2D eigenvalue weighted by Gasteiger charge is 2.24. The number of aliphatic hydroxyl groups is 1. The van der Waals surface area contributed by atoms with Gasteiger partial charge in [-0.1, -0.05) is 19.9 Å². The second-order valence-corrected chi connectivity index (χ2v) is 5.23. The molecular formula is C16H22FN3O. The van der Waals surface area contributed by atoms with E-state index in [0.29, 0.717) is 12.2 Å². The highest BCUT2D eigenvalue weighted by Crippen LogP contribution is 2.15. The van der Waals surface area contributed by atoms with Gasteiger partial charge in [0.05, 0.1) is 18.0 Å². The minimum atomic E-state index is -0.279. The molecule has 0 saturated heterocycles. The molecule has 0 fully saturated rings. The Morgan fingerprint density at radius 1 is 1.29 bits per heavy atom. The van der Waals surface area contributed by atoms with Crippen LogP contribution in [0.3, 0.4) is 0 Å². The minimum Gasteiger partial charge on any atom is -0.394 e. The van der Waals surface area contributed by atoms with Crippen molar-refractivity contribution < 1.29 is 9.50 Å². The zero-order chi connectivity index (χ0) is 15.3. The van der Waals surface area contributed by atoms with Crippen molar-refractivity contribution >= 4 is 0 Å². The zero-order valence-corrected chi connectivity index (χ0v) is 12.5. The SMILES string of the molecule is CCC(CC)(CO)NCc1ccn(-c2cccc(F)c2)n1. The molecule has 1 aromatic heterocycles. The maximum absolute atomic E-state index is 13.2. The second kappa shape index (κ2) is 6.83. The van der Waals surface area contributed by atoms with Crippen LogP contribution in [0.5, 0.6) is 0 Å². The predicted molar refractivity (Wildman–Crippen MR) is 80.8 cm³/mol. The zero-order valence-electron chi connectivity index (χ0n) is 12.5. The van der Waals surface area contributed by atoms with Crippen LogP contribution in [0.2, 0.25) is 0 Å². The number of nitrogens with one attached hydrogen (secondary N) is 1. The number of halogens is 1.